The monoisotopic (exact) mass is 477 g/mol. The van der Waals surface area contributed by atoms with Gasteiger partial charge < -0.3 is 25.8 Å². The smallest absolute Gasteiger partial charge is 0.260 e. The third-order valence-corrected chi connectivity index (χ3v) is 5.64. The van der Waals surface area contributed by atoms with Gasteiger partial charge in [-0.25, -0.2) is 0 Å². The van der Waals surface area contributed by atoms with E-state index in [2.05, 4.69) is 26.6 Å². The Bertz CT molecular complexity index is 980. The molecule has 1 aliphatic heterocycles. The van der Waals surface area contributed by atoms with Crippen molar-refractivity contribution in [2.24, 2.45) is 5.73 Å². The van der Waals surface area contributed by atoms with Crippen molar-refractivity contribution in [1.29, 1.82) is 0 Å². The normalized spacial score (nSPS) is 17.1. The highest BCUT2D eigenvalue weighted by molar-refractivity contribution is 9.10. The molecule has 7 nitrogen and oxygen atoms in total. The molecule has 2 aromatic carbocycles. The number of nitrogens with one attached hydrogen (secondary N) is 2. The van der Waals surface area contributed by atoms with Gasteiger partial charge in [-0.3, -0.25) is 9.59 Å². The first-order chi connectivity index (χ1) is 13.9. The fourth-order valence-corrected chi connectivity index (χ4v) is 4.15. The molecule has 0 spiro atoms. The van der Waals surface area contributed by atoms with Crippen molar-refractivity contribution in [1.82, 2.24) is 5.32 Å². The molecule has 2 aromatic rings. The number of carbonyl (C=O) groups is 2. The molecule has 29 heavy (non-hydrogen) atoms. The van der Waals surface area contributed by atoms with Crippen molar-refractivity contribution in [3.63, 3.8) is 0 Å². The topological polar surface area (TPSA) is 103 Å². The van der Waals surface area contributed by atoms with Crippen LogP contribution in [0, 0.1) is 6.92 Å². The summed E-state index contributed by atoms with van der Waals surface area (Å²) in [4.78, 5) is 23.8. The van der Waals surface area contributed by atoms with E-state index in [0.717, 1.165) is 16.8 Å². The maximum Gasteiger partial charge on any atom is 0.260 e. The number of carbonyl (C=O) groups excluding carboxylic acids is 2. The van der Waals surface area contributed by atoms with Crippen LogP contribution in [0.3, 0.4) is 0 Å². The second-order valence-corrected chi connectivity index (χ2v) is 8.27. The van der Waals surface area contributed by atoms with E-state index in [0.29, 0.717) is 20.9 Å². The molecular weight excluding hydrogens is 458 g/mol. The lowest BCUT2D eigenvalue weighted by molar-refractivity contribution is -0.120. The number of methoxy groups -OCH3 is 1. The van der Waals surface area contributed by atoms with E-state index in [1.54, 1.807) is 25.3 Å². The molecule has 3 rings (SSSR count). The number of thioether (sulfide) groups is 1. The van der Waals surface area contributed by atoms with E-state index in [1.807, 2.05) is 31.2 Å². The van der Waals surface area contributed by atoms with Gasteiger partial charge in [-0.1, -0.05) is 23.9 Å². The minimum atomic E-state index is -0.550. The summed E-state index contributed by atoms with van der Waals surface area (Å²) in [6.45, 7) is 1.79. The SMILES string of the molecule is COc1ccc(C)cc1NC1NC(=O)/C(=C/c2ccc(OCC(N)=O)c(Br)c2)S1. The maximum absolute atomic E-state index is 12.4. The predicted octanol–water partition coefficient (Wildman–Crippen LogP) is 3.23. The molecule has 1 unspecified atom stereocenters. The van der Waals surface area contributed by atoms with Crippen LogP contribution in [-0.4, -0.2) is 31.0 Å². The molecule has 0 aromatic heterocycles. The fraction of sp³-hybridized carbons (Fsp3) is 0.200. The van der Waals surface area contributed by atoms with Crippen LogP contribution < -0.4 is 25.8 Å². The summed E-state index contributed by atoms with van der Waals surface area (Å²) >= 11 is 4.78. The zero-order valence-corrected chi connectivity index (χ0v) is 18.2. The number of hydrogen-bond donors (Lipinski definition) is 3. The van der Waals surface area contributed by atoms with Gasteiger partial charge in [0.05, 0.1) is 22.2 Å². The molecule has 0 aliphatic carbocycles. The number of ether oxygens (including phenoxy) is 2. The lowest BCUT2D eigenvalue weighted by atomic mass is 10.2. The minimum absolute atomic E-state index is 0.163. The highest BCUT2D eigenvalue weighted by Crippen LogP contribution is 2.34. The zero-order chi connectivity index (χ0) is 21.0. The van der Waals surface area contributed by atoms with Gasteiger partial charge in [0, 0.05) is 0 Å². The van der Waals surface area contributed by atoms with Crippen LogP contribution in [0.4, 0.5) is 5.69 Å². The van der Waals surface area contributed by atoms with Crippen molar-refractivity contribution >= 4 is 51.3 Å². The van der Waals surface area contributed by atoms with E-state index in [1.165, 1.54) is 11.8 Å². The first-order valence-electron chi connectivity index (χ1n) is 8.67. The highest BCUT2D eigenvalue weighted by Gasteiger charge is 2.27. The van der Waals surface area contributed by atoms with Crippen LogP contribution >= 0.6 is 27.7 Å². The third-order valence-electron chi connectivity index (χ3n) is 4.00. The van der Waals surface area contributed by atoms with Crippen LogP contribution in [0.15, 0.2) is 45.8 Å². The van der Waals surface area contributed by atoms with E-state index >= 15 is 0 Å². The predicted molar refractivity (Wildman–Crippen MR) is 118 cm³/mol. The summed E-state index contributed by atoms with van der Waals surface area (Å²) in [5, 5.41) is 6.19. The summed E-state index contributed by atoms with van der Waals surface area (Å²) in [5.74, 6) is 0.495. The number of anilines is 1. The second kappa shape index (κ2) is 9.23. The van der Waals surface area contributed by atoms with E-state index in [4.69, 9.17) is 15.2 Å². The van der Waals surface area contributed by atoms with Crippen LogP contribution in [0.5, 0.6) is 11.5 Å². The van der Waals surface area contributed by atoms with Crippen LogP contribution in [0.2, 0.25) is 0 Å². The fourth-order valence-electron chi connectivity index (χ4n) is 2.67. The standard InChI is InChI=1S/C20H20BrN3O4S/c1-11-3-5-16(27-2)14(7-11)23-20-24-19(26)17(29-20)9-12-4-6-15(13(21)8-12)28-10-18(22)25/h3-9,20,23H,10H2,1-2H3,(H2,22,25)(H,24,26)/b17-9-. The summed E-state index contributed by atoms with van der Waals surface area (Å²) in [5.41, 5.74) is 7.49. The Labute approximate surface area is 181 Å². The quantitative estimate of drug-likeness (QED) is 0.529. The van der Waals surface area contributed by atoms with Crippen LogP contribution in [0.25, 0.3) is 6.08 Å². The van der Waals surface area contributed by atoms with Crippen LogP contribution in [0.1, 0.15) is 11.1 Å². The lowest BCUT2D eigenvalue weighted by Crippen LogP contribution is -2.31. The largest absolute Gasteiger partial charge is 0.495 e. The van der Waals surface area contributed by atoms with E-state index in [-0.39, 0.29) is 18.0 Å². The molecule has 1 heterocycles. The Kier molecular flexibility index (Phi) is 6.71. The van der Waals surface area contributed by atoms with Crippen molar-refractivity contribution < 1.29 is 19.1 Å². The molecule has 9 heteroatoms. The Balaban J connectivity index is 1.72. The Hall–Kier alpha value is -2.65. The number of aryl methyl sites for hydroxylation is 1. The van der Waals surface area contributed by atoms with Crippen LogP contribution in [-0.2, 0) is 9.59 Å². The molecule has 2 amide bonds. The van der Waals surface area contributed by atoms with Crippen molar-refractivity contribution in [3.8, 4) is 11.5 Å². The van der Waals surface area contributed by atoms with E-state index < -0.39 is 5.91 Å². The van der Waals surface area contributed by atoms with Gasteiger partial charge >= 0.3 is 0 Å². The number of nitrogens with two attached hydrogens (primary N) is 1. The van der Waals surface area contributed by atoms with E-state index in [9.17, 15) is 9.59 Å². The van der Waals surface area contributed by atoms with Gasteiger partial charge in [0.15, 0.2) is 12.1 Å². The molecule has 0 radical (unpaired) electrons. The number of halogens is 1. The molecule has 1 fully saturated rings. The summed E-state index contributed by atoms with van der Waals surface area (Å²) < 4.78 is 11.3. The molecule has 1 saturated heterocycles. The highest BCUT2D eigenvalue weighted by atomic mass is 79.9. The number of primary amides is 1. The van der Waals surface area contributed by atoms with Crippen molar-refractivity contribution in [2.45, 2.75) is 12.4 Å². The van der Waals surface area contributed by atoms with Crippen molar-refractivity contribution in [3.05, 3.63) is 56.9 Å². The second-order valence-electron chi connectivity index (χ2n) is 6.27. The summed E-state index contributed by atoms with van der Waals surface area (Å²) in [7, 11) is 1.61. The number of hydrogen-bond acceptors (Lipinski definition) is 6. The Morgan fingerprint density at radius 3 is 2.76 bits per heavy atom. The molecule has 0 saturated carbocycles. The van der Waals surface area contributed by atoms with Gasteiger partial charge in [0.25, 0.3) is 11.8 Å². The van der Waals surface area contributed by atoms with Gasteiger partial charge in [0.2, 0.25) is 0 Å². The first kappa shape index (κ1) is 21.1. The van der Waals surface area contributed by atoms with Gasteiger partial charge in [0.1, 0.15) is 11.5 Å². The Morgan fingerprint density at radius 2 is 2.07 bits per heavy atom. The molecular formula is C20H20BrN3O4S. The molecule has 0 bridgehead atoms. The van der Waals surface area contributed by atoms with Gasteiger partial charge in [-0.15, -0.1) is 0 Å². The number of rotatable bonds is 7. The number of amides is 2. The Morgan fingerprint density at radius 1 is 1.31 bits per heavy atom. The first-order valence-corrected chi connectivity index (χ1v) is 10.3. The third kappa shape index (κ3) is 5.45. The summed E-state index contributed by atoms with van der Waals surface area (Å²) in [6.07, 6.45) is 1.79. The average Bonchev–Trinajstić information content (AvgIpc) is 3.00. The lowest BCUT2D eigenvalue weighted by Gasteiger charge is -2.16. The van der Waals surface area contributed by atoms with Gasteiger partial charge in [-0.05, 0) is 64.3 Å². The zero-order valence-electron chi connectivity index (χ0n) is 15.8. The van der Waals surface area contributed by atoms with Gasteiger partial charge in [-0.2, -0.15) is 0 Å². The maximum atomic E-state index is 12.4. The molecule has 152 valence electrons. The minimum Gasteiger partial charge on any atom is -0.495 e. The van der Waals surface area contributed by atoms with Crippen molar-refractivity contribution in [2.75, 3.05) is 19.0 Å². The summed E-state index contributed by atoms with van der Waals surface area (Å²) in [6, 6.07) is 11.1. The molecule has 1 atom stereocenters. The number of benzene rings is 2. The average molecular weight is 478 g/mol. The molecule has 4 N–H and O–H groups in total. The molecule has 1 aliphatic rings.